The minimum atomic E-state index is 0.0374. The van der Waals surface area contributed by atoms with Gasteiger partial charge in [0.25, 0.3) is 0 Å². The number of ether oxygens (including phenoxy) is 1. The molecule has 5 rings (SSSR count). The van der Waals surface area contributed by atoms with E-state index < -0.39 is 0 Å². The van der Waals surface area contributed by atoms with Gasteiger partial charge in [-0.25, -0.2) is 0 Å². The molecular weight excluding hydrogens is 346 g/mol. The fourth-order valence-corrected chi connectivity index (χ4v) is 4.47. The largest absolute Gasteiger partial charge is 0.461 e. The Morgan fingerprint density at radius 3 is 2.50 bits per heavy atom. The van der Waals surface area contributed by atoms with Crippen molar-refractivity contribution in [2.75, 3.05) is 18.0 Å². The van der Waals surface area contributed by atoms with E-state index >= 15 is 0 Å². The van der Waals surface area contributed by atoms with Crippen molar-refractivity contribution in [3.63, 3.8) is 0 Å². The number of ketones is 1. The number of nitrogens with zero attached hydrogens (tertiary/aromatic N) is 1. The van der Waals surface area contributed by atoms with Gasteiger partial charge in [-0.05, 0) is 60.4 Å². The molecule has 0 bridgehead atoms. The van der Waals surface area contributed by atoms with Crippen molar-refractivity contribution in [3.8, 4) is 5.75 Å². The Kier molecular flexibility index (Phi) is 3.97. The quantitative estimate of drug-likeness (QED) is 0.612. The third kappa shape index (κ3) is 2.62. The predicted octanol–water partition coefficient (Wildman–Crippen LogP) is 5.48. The van der Waals surface area contributed by atoms with E-state index in [0.29, 0.717) is 0 Å². The summed E-state index contributed by atoms with van der Waals surface area (Å²) in [6.45, 7) is 6.23. The molecule has 28 heavy (non-hydrogen) atoms. The molecule has 0 aromatic heterocycles. The molecule has 1 unspecified atom stereocenters. The molecule has 0 saturated carbocycles. The van der Waals surface area contributed by atoms with Crippen LogP contribution < -0.4 is 9.64 Å². The smallest absolute Gasteiger partial charge is 0.189 e. The second kappa shape index (κ2) is 6.52. The topological polar surface area (TPSA) is 29.5 Å². The van der Waals surface area contributed by atoms with Crippen LogP contribution in [0.1, 0.15) is 41.3 Å². The Bertz CT molecular complexity index is 1120. The summed E-state index contributed by atoms with van der Waals surface area (Å²) in [6, 6.07) is 18.9. The number of carbonyl (C=O) groups is 1. The average molecular weight is 369 g/mol. The maximum absolute atomic E-state index is 12.8. The first-order valence-corrected chi connectivity index (χ1v) is 10.0. The summed E-state index contributed by atoms with van der Waals surface area (Å²) in [5.41, 5.74) is 4.25. The Morgan fingerprint density at radius 1 is 1.00 bits per heavy atom. The first-order chi connectivity index (χ1) is 13.7. The van der Waals surface area contributed by atoms with Crippen molar-refractivity contribution in [1.29, 1.82) is 0 Å². The molecule has 3 heteroatoms. The first kappa shape index (κ1) is 17.1. The fourth-order valence-electron chi connectivity index (χ4n) is 4.47. The number of anilines is 1. The number of hydrogen-bond donors (Lipinski definition) is 0. The molecule has 1 heterocycles. The van der Waals surface area contributed by atoms with Crippen LogP contribution in [0.3, 0.4) is 0 Å². The number of fused-ring (bicyclic) bond motifs is 5. The van der Waals surface area contributed by atoms with E-state index in [-0.39, 0.29) is 11.7 Å². The van der Waals surface area contributed by atoms with E-state index in [9.17, 15) is 4.79 Å². The van der Waals surface area contributed by atoms with Crippen molar-refractivity contribution in [2.45, 2.75) is 26.2 Å². The second-order valence-electron chi connectivity index (χ2n) is 7.52. The molecule has 1 aliphatic carbocycles. The molecule has 1 atom stereocenters. The zero-order chi connectivity index (χ0) is 19.3. The normalized spacial score (nSPS) is 17.3. The number of benzene rings is 3. The number of rotatable bonds is 3. The van der Waals surface area contributed by atoms with Crippen molar-refractivity contribution >= 4 is 22.2 Å². The van der Waals surface area contributed by atoms with Crippen LogP contribution in [0.4, 0.5) is 5.69 Å². The van der Waals surface area contributed by atoms with Crippen molar-refractivity contribution < 1.29 is 9.53 Å². The maximum atomic E-state index is 12.8. The summed E-state index contributed by atoms with van der Waals surface area (Å²) >= 11 is 0. The molecular formula is C25H23NO2. The summed E-state index contributed by atoms with van der Waals surface area (Å²) in [7, 11) is 0. The van der Waals surface area contributed by atoms with E-state index in [1.165, 1.54) is 5.56 Å². The highest BCUT2D eigenvalue weighted by Gasteiger charge is 2.34. The Balaban J connectivity index is 1.59. The van der Waals surface area contributed by atoms with E-state index in [4.69, 9.17) is 4.74 Å². The van der Waals surface area contributed by atoms with E-state index in [2.05, 4.69) is 55.1 Å². The minimum Gasteiger partial charge on any atom is -0.461 e. The van der Waals surface area contributed by atoms with Gasteiger partial charge in [0.1, 0.15) is 11.5 Å². The zero-order valence-electron chi connectivity index (χ0n) is 16.2. The Labute approximate surface area is 165 Å². The summed E-state index contributed by atoms with van der Waals surface area (Å²) in [4.78, 5) is 15.1. The first-order valence-electron chi connectivity index (χ1n) is 10.0. The summed E-state index contributed by atoms with van der Waals surface area (Å²) < 4.78 is 6.27. The van der Waals surface area contributed by atoms with Crippen LogP contribution in [0.5, 0.6) is 5.75 Å². The van der Waals surface area contributed by atoms with Gasteiger partial charge in [0.05, 0.1) is 0 Å². The van der Waals surface area contributed by atoms with Crippen LogP contribution in [0.25, 0.3) is 10.8 Å². The lowest BCUT2D eigenvalue weighted by Gasteiger charge is -2.33. The van der Waals surface area contributed by atoms with Gasteiger partial charge in [0.2, 0.25) is 0 Å². The molecule has 1 aliphatic heterocycles. The third-order valence-corrected chi connectivity index (χ3v) is 6.01. The zero-order valence-corrected chi connectivity index (χ0v) is 16.2. The maximum Gasteiger partial charge on any atom is 0.189 e. The predicted molar refractivity (Wildman–Crippen MR) is 113 cm³/mol. The highest BCUT2D eigenvalue weighted by Crippen LogP contribution is 2.44. The van der Waals surface area contributed by atoms with E-state index in [0.717, 1.165) is 58.6 Å². The number of allylic oxidation sites excluding steroid dienone is 2. The van der Waals surface area contributed by atoms with Crippen LogP contribution in [-0.2, 0) is 6.42 Å². The standard InChI is InChI=1S/C25H23NO2/c1-3-26(4-2)19-10-9-18-13-22-20-11-16-7-5-6-8-17(16)12-21(20)23(27)15-25(22)28-24(18)14-19/h5-12,14-15,22H,3-4,13H2,1-2H3. The van der Waals surface area contributed by atoms with Crippen LogP contribution >= 0.6 is 0 Å². The molecule has 3 aromatic carbocycles. The molecule has 140 valence electrons. The van der Waals surface area contributed by atoms with Gasteiger partial charge >= 0.3 is 0 Å². The molecule has 0 radical (unpaired) electrons. The lowest BCUT2D eigenvalue weighted by molar-refractivity contribution is 0.103. The Morgan fingerprint density at radius 2 is 1.75 bits per heavy atom. The molecule has 0 saturated heterocycles. The van der Waals surface area contributed by atoms with Crippen LogP contribution in [-0.4, -0.2) is 18.9 Å². The van der Waals surface area contributed by atoms with Crippen LogP contribution in [0.2, 0.25) is 0 Å². The summed E-state index contributed by atoms with van der Waals surface area (Å²) in [6.07, 6.45) is 2.55. The Hall–Kier alpha value is -3.07. The monoisotopic (exact) mass is 369 g/mol. The van der Waals surface area contributed by atoms with E-state index in [1.807, 2.05) is 18.2 Å². The van der Waals surface area contributed by atoms with Gasteiger partial charge in [-0.2, -0.15) is 0 Å². The van der Waals surface area contributed by atoms with Crippen LogP contribution in [0, 0.1) is 0 Å². The molecule has 0 fully saturated rings. The van der Waals surface area contributed by atoms with Crippen molar-refractivity contribution in [1.82, 2.24) is 0 Å². The molecule has 0 N–H and O–H groups in total. The number of hydrogen-bond acceptors (Lipinski definition) is 3. The lowest BCUT2D eigenvalue weighted by Crippen LogP contribution is -2.25. The van der Waals surface area contributed by atoms with E-state index in [1.54, 1.807) is 6.08 Å². The minimum absolute atomic E-state index is 0.0374. The van der Waals surface area contributed by atoms with Crippen LogP contribution in [0.15, 0.2) is 66.4 Å². The molecule has 0 amide bonds. The van der Waals surface area contributed by atoms with Gasteiger partial charge in [-0.3, -0.25) is 4.79 Å². The van der Waals surface area contributed by atoms with Gasteiger partial charge in [-0.15, -0.1) is 0 Å². The summed E-state index contributed by atoms with van der Waals surface area (Å²) in [5, 5.41) is 2.27. The molecule has 0 spiro atoms. The molecule has 2 aliphatic rings. The second-order valence-corrected chi connectivity index (χ2v) is 7.52. The average Bonchev–Trinajstić information content (AvgIpc) is 2.72. The van der Waals surface area contributed by atoms with Crippen molar-refractivity contribution in [2.24, 2.45) is 0 Å². The van der Waals surface area contributed by atoms with Gasteiger partial charge in [-0.1, -0.05) is 30.3 Å². The van der Waals surface area contributed by atoms with Gasteiger partial charge in [0, 0.05) is 42.4 Å². The fraction of sp³-hybridized carbons (Fsp3) is 0.240. The summed E-state index contributed by atoms with van der Waals surface area (Å²) in [5.74, 6) is 1.79. The number of carbonyl (C=O) groups excluding carboxylic acids is 1. The highest BCUT2D eigenvalue weighted by molar-refractivity contribution is 6.10. The lowest BCUT2D eigenvalue weighted by atomic mass is 9.79. The third-order valence-electron chi connectivity index (χ3n) is 6.01. The molecule has 3 nitrogen and oxygen atoms in total. The van der Waals surface area contributed by atoms with Gasteiger partial charge < -0.3 is 9.64 Å². The SMILES string of the molecule is CCN(CC)c1ccc2c(c1)OC1=CC(=O)c3cc4ccccc4cc3C1C2. The van der Waals surface area contributed by atoms with Gasteiger partial charge in [0.15, 0.2) is 5.78 Å². The van der Waals surface area contributed by atoms with Crippen molar-refractivity contribution in [3.05, 3.63) is 83.1 Å². The molecule has 3 aromatic rings. The highest BCUT2D eigenvalue weighted by atomic mass is 16.5.